The summed E-state index contributed by atoms with van der Waals surface area (Å²) in [6.45, 7) is 0. The lowest BCUT2D eigenvalue weighted by molar-refractivity contribution is -0.121. The number of hydrogen-bond acceptors (Lipinski definition) is 2. The maximum absolute atomic E-state index is 12.1. The lowest BCUT2D eigenvalue weighted by Crippen LogP contribution is -2.29. The van der Waals surface area contributed by atoms with Gasteiger partial charge in [0.1, 0.15) is 5.71 Å². The molecule has 0 atom stereocenters. The van der Waals surface area contributed by atoms with Gasteiger partial charge >= 0.3 is 6.18 Å². The summed E-state index contributed by atoms with van der Waals surface area (Å²) in [4.78, 5) is 10.7. The van der Waals surface area contributed by atoms with E-state index in [-0.39, 0.29) is 12.8 Å². The molecule has 1 N–H and O–H groups in total. The van der Waals surface area contributed by atoms with Crippen molar-refractivity contribution in [1.82, 2.24) is 5.43 Å². The van der Waals surface area contributed by atoms with E-state index in [1.165, 1.54) is 0 Å². The summed E-state index contributed by atoms with van der Waals surface area (Å²) in [6, 6.07) is 0. The van der Waals surface area contributed by atoms with Gasteiger partial charge in [-0.15, -0.1) is 0 Å². The standard InChI is InChI=1S/C7H9F3N2O/c8-7(9,10)5-3-1-2-4-6(13)12-11-5/h1-4H2,(H,12,13). The number of carbonyl (C=O) groups is 1. The smallest absolute Gasteiger partial charge is 0.273 e. The van der Waals surface area contributed by atoms with E-state index in [1.54, 1.807) is 0 Å². The van der Waals surface area contributed by atoms with Crippen molar-refractivity contribution in [2.75, 3.05) is 0 Å². The predicted molar refractivity (Wildman–Crippen MR) is 40.1 cm³/mol. The molecule has 0 radical (unpaired) electrons. The van der Waals surface area contributed by atoms with E-state index in [9.17, 15) is 18.0 Å². The molecule has 3 nitrogen and oxygen atoms in total. The fourth-order valence-electron chi connectivity index (χ4n) is 1.02. The van der Waals surface area contributed by atoms with Crippen LogP contribution in [-0.4, -0.2) is 17.8 Å². The van der Waals surface area contributed by atoms with Crippen LogP contribution in [0.5, 0.6) is 0 Å². The number of amides is 1. The lowest BCUT2D eigenvalue weighted by Gasteiger charge is -2.12. The molecule has 0 aromatic carbocycles. The highest BCUT2D eigenvalue weighted by molar-refractivity contribution is 5.91. The molecule has 74 valence electrons. The molecule has 0 aromatic heterocycles. The lowest BCUT2D eigenvalue weighted by atomic mass is 10.1. The first kappa shape index (κ1) is 10.0. The molecule has 0 aliphatic carbocycles. The van der Waals surface area contributed by atoms with E-state index in [2.05, 4.69) is 5.10 Å². The summed E-state index contributed by atoms with van der Waals surface area (Å²) in [5.74, 6) is -0.457. The largest absolute Gasteiger partial charge is 0.431 e. The highest BCUT2D eigenvalue weighted by atomic mass is 19.4. The second-order valence-corrected chi connectivity index (χ2v) is 2.80. The zero-order valence-corrected chi connectivity index (χ0v) is 6.82. The van der Waals surface area contributed by atoms with Crippen LogP contribution in [0.15, 0.2) is 5.10 Å². The first-order chi connectivity index (χ1) is 6.00. The first-order valence-corrected chi connectivity index (χ1v) is 3.93. The molecule has 0 saturated carbocycles. The molecule has 1 heterocycles. The molecule has 0 unspecified atom stereocenters. The van der Waals surface area contributed by atoms with E-state index in [4.69, 9.17) is 0 Å². The molecule has 13 heavy (non-hydrogen) atoms. The molecule has 1 aliphatic rings. The normalized spacial score (nSPS) is 19.9. The zero-order chi connectivity index (χ0) is 9.90. The fraction of sp³-hybridized carbons (Fsp3) is 0.714. The average Bonchev–Trinajstić information content (AvgIpc) is 1.94. The third kappa shape index (κ3) is 3.04. The first-order valence-electron chi connectivity index (χ1n) is 3.93. The molecule has 1 amide bonds. The Balaban J connectivity index is 2.71. The molecule has 0 bridgehead atoms. The van der Waals surface area contributed by atoms with Gasteiger partial charge in [0, 0.05) is 6.42 Å². The van der Waals surface area contributed by atoms with Gasteiger partial charge in [-0.1, -0.05) is 0 Å². The Hall–Kier alpha value is -1.07. The highest BCUT2D eigenvalue weighted by Gasteiger charge is 2.35. The minimum absolute atomic E-state index is 0.121. The summed E-state index contributed by atoms with van der Waals surface area (Å²) in [6.07, 6.45) is -3.48. The molecule has 6 heteroatoms. The predicted octanol–water partition coefficient (Wildman–Crippen LogP) is 1.59. The van der Waals surface area contributed by atoms with Crippen molar-refractivity contribution in [1.29, 1.82) is 0 Å². The van der Waals surface area contributed by atoms with Crippen molar-refractivity contribution in [2.24, 2.45) is 5.10 Å². The average molecular weight is 194 g/mol. The van der Waals surface area contributed by atoms with Crippen LogP contribution in [0.4, 0.5) is 13.2 Å². The van der Waals surface area contributed by atoms with Crippen molar-refractivity contribution in [3.8, 4) is 0 Å². The van der Waals surface area contributed by atoms with Gasteiger partial charge in [0.2, 0.25) is 5.91 Å². The summed E-state index contributed by atoms with van der Waals surface area (Å²) < 4.78 is 36.3. The number of alkyl halides is 3. The van der Waals surface area contributed by atoms with Gasteiger partial charge in [-0.2, -0.15) is 18.3 Å². The molecule has 0 fully saturated rings. The minimum Gasteiger partial charge on any atom is -0.273 e. The second-order valence-electron chi connectivity index (χ2n) is 2.80. The highest BCUT2D eigenvalue weighted by Crippen LogP contribution is 2.21. The number of carbonyl (C=O) groups excluding carboxylic acids is 1. The number of rotatable bonds is 0. The molecule has 1 rings (SSSR count). The van der Waals surface area contributed by atoms with Crippen molar-refractivity contribution < 1.29 is 18.0 Å². The van der Waals surface area contributed by atoms with Gasteiger partial charge in [-0.05, 0) is 19.3 Å². The van der Waals surface area contributed by atoms with Crippen molar-refractivity contribution >= 4 is 11.6 Å². The Kier molecular flexibility index (Phi) is 2.90. The topological polar surface area (TPSA) is 41.5 Å². The molecule has 0 aromatic rings. The van der Waals surface area contributed by atoms with Gasteiger partial charge in [-0.25, -0.2) is 5.43 Å². The molecule has 1 aliphatic heterocycles. The number of nitrogens with one attached hydrogen (secondary N) is 1. The van der Waals surface area contributed by atoms with Gasteiger partial charge in [-0.3, -0.25) is 4.79 Å². The summed E-state index contributed by atoms with van der Waals surface area (Å²) in [5, 5.41) is 3.03. The molecule has 0 spiro atoms. The van der Waals surface area contributed by atoms with Crippen LogP contribution in [0.25, 0.3) is 0 Å². The fourth-order valence-corrected chi connectivity index (χ4v) is 1.02. The zero-order valence-electron chi connectivity index (χ0n) is 6.82. The van der Waals surface area contributed by atoms with Gasteiger partial charge < -0.3 is 0 Å². The Bertz CT molecular complexity index is 234. The van der Waals surface area contributed by atoms with Gasteiger partial charge in [0.25, 0.3) is 0 Å². The summed E-state index contributed by atoms with van der Waals surface area (Å²) in [5.41, 5.74) is 0.968. The van der Waals surface area contributed by atoms with E-state index >= 15 is 0 Å². The van der Waals surface area contributed by atoms with Crippen LogP contribution >= 0.6 is 0 Å². The minimum atomic E-state index is -4.43. The van der Waals surface area contributed by atoms with Gasteiger partial charge in [0.15, 0.2) is 0 Å². The van der Waals surface area contributed by atoms with Gasteiger partial charge in [0.05, 0.1) is 0 Å². The number of hydrazone groups is 1. The SMILES string of the molecule is O=C1CCCCC(C(F)(F)F)=NN1. The summed E-state index contributed by atoms with van der Waals surface area (Å²) in [7, 11) is 0. The summed E-state index contributed by atoms with van der Waals surface area (Å²) >= 11 is 0. The molecular weight excluding hydrogens is 185 g/mol. The monoisotopic (exact) mass is 194 g/mol. The van der Waals surface area contributed by atoms with Crippen LogP contribution in [0.1, 0.15) is 25.7 Å². The maximum atomic E-state index is 12.1. The van der Waals surface area contributed by atoms with E-state index in [0.29, 0.717) is 12.8 Å². The third-order valence-corrected chi connectivity index (χ3v) is 1.71. The van der Waals surface area contributed by atoms with Crippen LogP contribution < -0.4 is 5.43 Å². The van der Waals surface area contributed by atoms with Crippen LogP contribution in [0.3, 0.4) is 0 Å². The molecule has 0 saturated heterocycles. The second kappa shape index (κ2) is 3.76. The van der Waals surface area contributed by atoms with Crippen molar-refractivity contribution in [3.63, 3.8) is 0 Å². The van der Waals surface area contributed by atoms with E-state index < -0.39 is 17.8 Å². The van der Waals surface area contributed by atoms with Crippen LogP contribution in [-0.2, 0) is 4.79 Å². The Labute approximate surface area is 73.0 Å². The quantitative estimate of drug-likeness (QED) is 0.625. The Morgan fingerprint density at radius 1 is 1.23 bits per heavy atom. The number of nitrogens with zero attached hydrogens (tertiary/aromatic N) is 1. The van der Waals surface area contributed by atoms with E-state index in [1.807, 2.05) is 5.43 Å². The Morgan fingerprint density at radius 2 is 1.85 bits per heavy atom. The van der Waals surface area contributed by atoms with Crippen LogP contribution in [0, 0.1) is 0 Å². The third-order valence-electron chi connectivity index (χ3n) is 1.71. The van der Waals surface area contributed by atoms with E-state index in [0.717, 1.165) is 0 Å². The Morgan fingerprint density at radius 3 is 2.46 bits per heavy atom. The van der Waals surface area contributed by atoms with Crippen molar-refractivity contribution in [2.45, 2.75) is 31.9 Å². The number of hydrogen-bond donors (Lipinski definition) is 1. The maximum Gasteiger partial charge on any atom is 0.431 e. The molecular formula is C7H9F3N2O. The number of halogens is 3. The van der Waals surface area contributed by atoms with Crippen molar-refractivity contribution in [3.05, 3.63) is 0 Å². The van der Waals surface area contributed by atoms with Crippen LogP contribution in [0.2, 0.25) is 0 Å².